The van der Waals surface area contributed by atoms with Crippen LogP contribution in [0, 0.1) is 22.7 Å². The quantitative estimate of drug-likeness (QED) is 0.752. The van der Waals surface area contributed by atoms with Crippen LogP contribution >= 0.6 is 0 Å². The molecule has 0 unspecified atom stereocenters. The van der Waals surface area contributed by atoms with Gasteiger partial charge in [0.2, 0.25) is 0 Å². The average Bonchev–Trinajstić information content (AvgIpc) is 2.36. The second-order valence-electron chi connectivity index (χ2n) is 3.50. The number of hydrogen-bond donors (Lipinski definition) is 1. The van der Waals surface area contributed by atoms with Crippen molar-refractivity contribution in [3.05, 3.63) is 18.3 Å². The van der Waals surface area contributed by atoms with Crippen molar-refractivity contribution in [2.75, 3.05) is 29.9 Å². The van der Waals surface area contributed by atoms with Gasteiger partial charge in [0, 0.05) is 24.5 Å². The van der Waals surface area contributed by atoms with E-state index < -0.39 is 0 Å². The summed E-state index contributed by atoms with van der Waals surface area (Å²) in [6.07, 6.45) is 2.70. The third-order valence-electron chi connectivity index (χ3n) is 2.19. The van der Waals surface area contributed by atoms with Crippen LogP contribution in [0.4, 0.5) is 11.5 Å². The zero-order valence-corrected chi connectivity index (χ0v) is 9.85. The largest absolute Gasteiger partial charge is 0.370 e. The second-order valence-corrected chi connectivity index (χ2v) is 3.50. The molecule has 0 fully saturated rings. The Morgan fingerprint density at radius 3 is 2.65 bits per heavy atom. The van der Waals surface area contributed by atoms with Gasteiger partial charge in [0.15, 0.2) is 0 Å². The van der Waals surface area contributed by atoms with E-state index in [1.807, 2.05) is 18.2 Å². The summed E-state index contributed by atoms with van der Waals surface area (Å²) >= 11 is 0. The highest BCUT2D eigenvalue weighted by Crippen LogP contribution is 2.16. The zero-order valence-electron chi connectivity index (χ0n) is 9.85. The van der Waals surface area contributed by atoms with Crippen molar-refractivity contribution in [2.45, 2.75) is 13.3 Å². The smallest absolute Gasteiger partial charge is 0.127 e. The molecule has 5 nitrogen and oxygen atoms in total. The third-order valence-corrected chi connectivity index (χ3v) is 2.19. The van der Waals surface area contributed by atoms with Crippen molar-refractivity contribution < 1.29 is 0 Å². The second kappa shape index (κ2) is 7.08. The van der Waals surface area contributed by atoms with Crippen molar-refractivity contribution in [1.82, 2.24) is 4.98 Å². The first kappa shape index (κ1) is 12.8. The molecule has 0 atom stereocenters. The van der Waals surface area contributed by atoms with Crippen molar-refractivity contribution in [3.63, 3.8) is 0 Å². The molecule has 17 heavy (non-hydrogen) atoms. The Morgan fingerprint density at radius 1 is 1.35 bits per heavy atom. The lowest BCUT2D eigenvalue weighted by molar-refractivity contribution is 0.951. The molecule has 0 radical (unpaired) electrons. The zero-order chi connectivity index (χ0) is 12.5. The molecule has 88 valence electrons. The summed E-state index contributed by atoms with van der Waals surface area (Å²) < 4.78 is 0. The SMILES string of the molecule is CCCNc1cc(N(CC#N)CC#N)ccn1. The van der Waals surface area contributed by atoms with Gasteiger partial charge in [-0.25, -0.2) is 4.98 Å². The molecular weight excluding hydrogens is 214 g/mol. The van der Waals surface area contributed by atoms with Crippen molar-refractivity contribution >= 4 is 11.5 Å². The number of hydrogen-bond acceptors (Lipinski definition) is 5. The Balaban J connectivity index is 2.81. The fourth-order valence-corrected chi connectivity index (χ4v) is 1.38. The maximum atomic E-state index is 8.70. The maximum absolute atomic E-state index is 8.70. The summed E-state index contributed by atoms with van der Waals surface area (Å²) in [7, 11) is 0. The first-order valence-electron chi connectivity index (χ1n) is 5.50. The minimum absolute atomic E-state index is 0.199. The number of nitriles is 2. The molecule has 1 aromatic rings. The molecule has 0 aliphatic heterocycles. The van der Waals surface area contributed by atoms with Crippen molar-refractivity contribution in [3.8, 4) is 12.1 Å². The van der Waals surface area contributed by atoms with Gasteiger partial charge in [-0.15, -0.1) is 0 Å². The van der Waals surface area contributed by atoms with Gasteiger partial charge < -0.3 is 10.2 Å². The van der Waals surface area contributed by atoms with Gasteiger partial charge in [0.25, 0.3) is 0 Å². The molecule has 1 heterocycles. The van der Waals surface area contributed by atoms with E-state index in [1.165, 1.54) is 0 Å². The van der Waals surface area contributed by atoms with Crippen LogP contribution in [0.15, 0.2) is 18.3 Å². The van der Waals surface area contributed by atoms with Crippen LogP contribution in [-0.2, 0) is 0 Å². The predicted molar refractivity (Wildman–Crippen MR) is 66.5 cm³/mol. The number of nitrogens with one attached hydrogen (secondary N) is 1. The lowest BCUT2D eigenvalue weighted by atomic mass is 10.3. The monoisotopic (exact) mass is 229 g/mol. The lowest BCUT2D eigenvalue weighted by Crippen LogP contribution is -2.23. The van der Waals surface area contributed by atoms with E-state index >= 15 is 0 Å². The molecule has 0 bridgehead atoms. The highest BCUT2D eigenvalue weighted by molar-refractivity contribution is 5.54. The van der Waals surface area contributed by atoms with Gasteiger partial charge in [0.1, 0.15) is 18.9 Å². The highest BCUT2D eigenvalue weighted by atomic mass is 15.1. The first-order chi connectivity index (χ1) is 8.31. The van der Waals surface area contributed by atoms with Crippen LogP contribution in [0.25, 0.3) is 0 Å². The molecule has 0 aromatic carbocycles. The first-order valence-corrected chi connectivity index (χ1v) is 5.50. The molecule has 0 saturated carbocycles. The molecule has 0 amide bonds. The van der Waals surface area contributed by atoms with Crippen molar-refractivity contribution in [1.29, 1.82) is 10.5 Å². The van der Waals surface area contributed by atoms with Gasteiger partial charge in [0.05, 0.1) is 12.1 Å². The Bertz CT molecular complexity index is 413. The van der Waals surface area contributed by atoms with Crippen LogP contribution in [-0.4, -0.2) is 24.6 Å². The molecule has 1 N–H and O–H groups in total. The van der Waals surface area contributed by atoms with Gasteiger partial charge in [-0.05, 0) is 12.5 Å². The average molecular weight is 229 g/mol. The molecule has 1 aromatic heterocycles. The highest BCUT2D eigenvalue weighted by Gasteiger charge is 2.06. The van der Waals surface area contributed by atoms with E-state index in [0.29, 0.717) is 0 Å². The van der Waals surface area contributed by atoms with Gasteiger partial charge in [-0.3, -0.25) is 0 Å². The Morgan fingerprint density at radius 2 is 2.06 bits per heavy atom. The maximum Gasteiger partial charge on any atom is 0.127 e. The van der Waals surface area contributed by atoms with E-state index in [2.05, 4.69) is 17.2 Å². The van der Waals surface area contributed by atoms with Crippen LogP contribution in [0.2, 0.25) is 0 Å². The van der Waals surface area contributed by atoms with Crippen LogP contribution in [0.5, 0.6) is 0 Å². The summed E-state index contributed by atoms with van der Waals surface area (Å²) in [4.78, 5) is 5.88. The van der Waals surface area contributed by atoms with E-state index in [0.717, 1.165) is 24.5 Å². The number of nitrogens with zero attached hydrogens (tertiary/aromatic N) is 4. The Hall–Kier alpha value is -2.27. The number of anilines is 2. The van der Waals surface area contributed by atoms with Crippen molar-refractivity contribution in [2.24, 2.45) is 0 Å². The Labute approximate surface area is 101 Å². The number of aromatic nitrogens is 1. The fourth-order valence-electron chi connectivity index (χ4n) is 1.38. The number of pyridine rings is 1. The summed E-state index contributed by atoms with van der Waals surface area (Å²) in [6.45, 7) is 3.33. The van der Waals surface area contributed by atoms with E-state index in [9.17, 15) is 0 Å². The molecule has 1 rings (SSSR count). The van der Waals surface area contributed by atoms with Gasteiger partial charge in [-0.1, -0.05) is 6.92 Å². The minimum Gasteiger partial charge on any atom is -0.370 e. The minimum atomic E-state index is 0.199. The molecular formula is C12H15N5. The van der Waals surface area contributed by atoms with E-state index in [1.54, 1.807) is 17.2 Å². The van der Waals surface area contributed by atoms with Crippen LogP contribution < -0.4 is 10.2 Å². The molecule has 0 spiro atoms. The molecule has 0 saturated heterocycles. The molecule has 0 aliphatic rings. The normalized spacial score (nSPS) is 9.12. The van der Waals surface area contributed by atoms with E-state index in [4.69, 9.17) is 10.5 Å². The predicted octanol–water partition coefficient (Wildman–Crippen LogP) is 1.76. The third kappa shape index (κ3) is 4.00. The van der Waals surface area contributed by atoms with Crippen LogP contribution in [0.3, 0.4) is 0 Å². The Kier molecular flexibility index (Phi) is 5.33. The van der Waals surface area contributed by atoms with Gasteiger partial charge in [-0.2, -0.15) is 10.5 Å². The summed E-state index contributed by atoms with van der Waals surface area (Å²) in [6, 6.07) is 7.74. The standard InChI is InChI=1S/C12H15N5/c1-2-6-15-12-10-11(3-7-16-12)17(8-4-13)9-5-14/h3,7,10H,2,6,8-9H2,1H3,(H,15,16). The van der Waals surface area contributed by atoms with Gasteiger partial charge >= 0.3 is 0 Å². The van der Waals surface area contributed by atoms with E-state index in [-0.39, 0.29) is 13.1 Å². The summed E-state index contributed by atoms with van der Waals surface area (Å²) in [5.74, 6) is 0.769. The van der Waals surface area contributed by atoms with Crippen LogP contribution in [0.1, 0.15) is 13.3 Å². The fraction of sp³-hybridized carbons (Fsp3) is 0.417. The summed E-state index contributed by atoms with van der Waals surface area (Å²) in [5.41, 5.74) is 0.835. The lowest BCUT2D eigenvalue weighted by Gasteiger charge is -2.18. The number of rotatable bonds is 6. The summed E-state index contributed by atoms with van der Waals surface area (Å²) in [5, 5.41) is 20.6. The molecule has 0 aliphatic carbocycles. The molecule has 5 heteroatoms. The topological polar surface area (TPSA) is 75.7 Å².